The third-order valence-electron chi connectivity index (χ3n) is 6.30. The highest BCUT2D eigenvalue weighted by molar-refractivity contribution is 7.99. The minimum atomic E-state index is 0.0858. The Hall–Kier alpha value is -3.54. The number of carbonyl (C=O) groups is 1. The van der Waals surface area contributed by atoms with Crippen LogP contribution in [-0.4, -0.2) is 25.7 Å². The van der Waals surface area contributed by atoms with Crippen LogP contribution in [0.3, 0.4) is 0 Å². The lowest BCUT2D eigenvalue weighted by Crippen LogP contribution is -2.07. The van der Waals surface area contributed by atoms with E-state index < -0.39 is 0 Å². The van der Waals surface area contributed by atoms with E-state index in [0.29, 0.717) is 10.8 Å². The topological polar surface area (TPSA) is 39.8 Å². The highest BCUT2D eigenvalue weighted by Crippen LogP contribution is 2.32. The number of para-hydroxylation sites is 2. The number of Topliss-reactive ketones (excluding diaryl/α,β-unsaturated/α-hetero) is 1. The van der Waals surface area contributed by atoms with Crippen LogP contribution in [0.25, 0.3) is 22.6 Å². The molecule has 0 unspecified atom stereocenters. The highest BCUT2D eigenvalue weighted by atomic mass is 35.5. The number of ketones is 1. The number of rotatable bonds is 7. The Labute approximate surface area is 220 Å². The molecular weight excluding hydrogens is 486 g/mol. The Bertz CT molecular complexity index is 1530. The number of hydrogen-bond donors (Lipinski definition) is 0. The lowest BCUT2D eigenvalue weighted by molar-refractivity contribution is 0.102. The molecule has 0 saturated heterocycles. The number of imidazole rings is 1. The normalized spacial score (nSPS) is 11.1. The summed E-state index contributed by atoms with van der Waals surface area (Å²) in [7, 11) is 0. The summed E-state index contributed by atoms with van der Waals surface area (Å²) in [6.07, 6.45) is 1.86. The second-order valence-electron chi connectivity index (χ2n) is 8.72. The fourth-order valence-electron chi connectivity index (χ4n) is 4.54. The number of carbonyl (C=O) groups excluding carboxylic acids is 1. The zero-order valence-electron chi connectivity index (χ0n) is 20.4. The van der Waals surface area contributed by atoms with Crippen molar-refractivity contribution in [2.45, 2.75) is 25.9 Å². The van der Waals surface area contributed by atoms with Crippen molar-refractivity contribution in [3.8, 4) is 22.6 Å². The van der Waals surface area contributed by atoms with Crippen LogP contribution < -0.4 is 0 Å². The van der Waals surface area contributed by atoms with Crippen molar-refractivity contribution in [1.82, 2.24) is 14.1 Å². The summed E-state index contributed by atoms with van der Waals surface area (Å²) in [6, 6.07) is 28.1. The van der Waals surface area contributed by atoms with E-state index in [1.165, 1.54) is 11.8 Å². The van der Waals surface area contributed by atoms with Crippen LogP contribution in [0.1, 0.15) is 27.3 Å². The molecule has 0 atom stereocenters. The standard InChI is InChI=1S/C30H26ClN3OS/c1-20-9-7-8-12-27(20)34-28(23-13-15-24(31)16-14-23)18-32-30(34)36-19-29(35)26-17-21(2)33(22(26)3)25-10-5-4-6-11-25/h4-18H,19H2,1-3H3. The maximum atomic E-state index is 13.4. The lowest BCUT2D eigenvalue weighted by atomic mass is 10.1. The Morgan fingerprint density at radius 1 is 0.889 bits per heavy atom. The molecule has 0 bridgehead atoms. The molecule has 0 spiro atoms. The van der Waals surface area contributed by atoms with Gasteiger partial charge in [-0.15, -0.1) is 0 Å². The SMILES string of the molecule is Cc1ccccc1-n1c(-c2ccc(Cl)cc2)cnc1SCC(=O)c1cc(C)n(-c2ccccc2)c1C. The van der Waals surface area contributed by atoms with Gasteiger partial charge in [0.2, 0.25) is 0 Å². The first-order chi connectivity index (χ1) is 17.4. The van der Waals surface area contributed by atoms with Gasteiger partial charge in [0, 0.05) is 33.2 Å². The first-order valence-electron chi connectivity index (χ1n) is 11.7. The van der Waals surface area contributed by atoms with E-state index in [4.69, 9.17) is 16.6 Å². The molecule has 36 heavy (non-hydrogen) atoms. The van der Waals surface area contributed by atoms with Gasteiger partial charge in [-0.3, -0.25) is 9.36 Å². The molecule has 0 aliphatic heterocycles. The van der Waals surface area contributed by atoms with Crippen LogP contribution in [0.4, 0.5) is 0 Å². The van der Waals surface area contributed by atoms with Crippen LogP contribution in [0.2, 0.25) is 5.02 Å². The van der Waals surface area contributed by atoms with Crippen LogP contribution in [0.5, 0.6) is 0 Å². The van der Waals surface area contributed by atoms with Gasteiger partial charge in [-0.05, 0) is 62.7 Å². The Kier molecular flexibility index (Phi) is 6.86. The second-order valence-corrected chi connectivity index (χ2v) is 10.1. The number of aromatic nitrogens is 3. The molecule has 0 aliphatic carbocycles. The van der Waals surface area contributed by atoms with Crippen LogP contribution in [0.15, 0.2) is 96.3 Å². The minimum absolute atomic E-state index is 0.0858. The summed E-state index contributed by atoms with van der Waals surface area (Å²) >= 11 is 7.59. The molecule has 4 nitrogen and oxygen atoms in total. The van der Waals surface area contributed by atoms with Crippen molar-refractivity contribution >= 4 is 29.1 Å². The zero-order chi connectivity index (χ0) is 25.2. The molecule has 2 heterocycles. The van der Waals surface area contributed by atoms with Crippen molar-refractivity contribution in [2.75, 3.05) is 5.75 Å². The average molecular weight is 512 g/mol. The molecule has 0 saturated carbocycles. The average Bonchev–Trinajstić information content (AvgIpc) is 3.44. The number of nitrogens with zero attached hydrogens (tertiary/aromatic N) is 3. The molecule has 0 fully saturated rings. The van der Waals surface area contributed by atoms with E-state index >= 15 is 0 Å². The molecule has 0 amide bonds. The van der Waals surface area contributed by atoms with Crippen molar-refractivity contribution in [2.24, 2.45) is 0 Å². The largest absolute Gasteiger partial charge is 0.318 e. The molecule has 5 rings (SSSR count). The molecule has 6 heteroatoms. The first kappa shape index (κ1) is 24.2. The summed E-state index contributed by atoms with van der Waals surface area (Å²) in [6.45, 7) is 6.12. The van der Waals surface area contributed by atoms with E-state index in [1.54, 1.807) is 0 Å². The Morgan fingerprint density at radius 3 is 2.31 bits per heavy atom. The van der Waals surface area contributed by atoms with Gasteiger partial charge < -0.3 is 4.57 Å². The van der Waals surface area contributed by atoms with Gasteiger partial charge in [0.25, 0.3) is 0 Å². The first-order valence-corrected chi connectivity index (χ1v) is 13.1. The predicted molar refractivity (Wildman–Crippen MR) is 149 cm³/mol. The summed E-state index contributed by atoms with van der Waals surface area (Å²) in [5.74, 6) is 0.379. The Morgan fingerprint density at radius 2 is 1.58 bits per heavy atom. The number of halogens is 1. The smallest absolute Gasteiger partial charge is 0.175 e. The quantitative estimate of drug-likeness (QED) is 0.165. The van der Waals surface area contributed by atoms with Crippen LogP contribution in [-0.2, 0) is 0 Å². The summed E-state index contributed by atoms with van der Waals surface area (Å²) in [4.78, 5) is 18.1. The van der Waals surface area contributed by atoms with Crippen molar-refractivity contribution in [3.05, 3.63) is 119 Å². The van der Waals surface area contributed by atoms with Crippen molar-refractivity contribution in [1.29, 1.82) is 0 Å². The van der Waals surface area contributed by atoms with Crippen molar-refractivity contribution < 1.29 is 4.79 Å². The van der Waals surface area contributed by atoms with Crippen LogP contribution >= 0.6 is 23.4 Å². The van der Waals surface area contributed by atoms with E-state index in [2.05, 4.69) is 40.3 Å². The van der Waals surface area contributed by atoms with Gasteiger partial charge in [-0.2, -0.15) is 0 Å². The maximum Gasteiger partial charge on any atom is 0.175 e. The predicted octanol–water partition coefficient (Wildman–Crippen LogP) is 7.88. The highest BCUT2D eigenvalue weighted by Gasteiger charge is 2.20. The Balaban J connectivity index is 1.47. The van der Waals surface area contributed by atoms with Crippen LogP contribution in [0, 0.1) is 20.8 Å². The maximum absolute atomic E-state index is 13.4. The van der Waals surface area contributed by atoms with E-state index in [0.717, 1.165) is 50.3 Å². The van der Waals surface area contributed by atoms with Gasteiger partial charge in [0.05, 0.1) is 23.3 Å². The zero-order valence-corrected chi connectivity index (χ0v) is 22.0. The fourth-order valence-corrected chi connectivity index (χ4v) is 5.53. The van der Waals surface area contributed by atoms with Gasteiger partial charge in [-0.25, -0.2) is 4.98 Å². The van der Waals surface area contributed by atoms with Gasteiger partial charge >= 0.3 is 0 Å². The monoisotopic (exact) mass is 511 g/mol. The molecule has 0 radical (unpaired) electrons. The summed E-state index contributed by atoms with van der Waals surface area (Å²) in [5, 5.41) is 1.47. The third kappa shape index (κ3) is 4.64. The van der Waals surface area contributed by atoms with Gasteiger partial charge in [0.1, 0.15) is 0 Å². The van der Waals surface area contributed by atoms with E-state index in [-0.39, 0.29) is 5.78 Å². The summed E-state index contributed by atoms with van der Waals surface area (Å²) in [5.41, 5.74) is 7.94. The second kappa shape index (κ2) is 10.2. The number of thioether (sulfide) groups is 1. The molecule has 5 aromatic rings. The number of aryl methyl sites for hydroxylation is 2. The molecular formula is C30H26ClN3OS. The summed E-state index contributed by atoms with van der Waals surface area (Å²) < 4.78 is 4.26. The molecule has 3 aromatic carbocycles. The fraction of sp³-hybridized carbons (Fsp3) is 0.133. The number of benzene rings is 3. The number of hydrogen-bond acceptors (Lipinski definition) is 3. The lowest BCUT2D eigenvalue weighted by Gasteiger charge is -2.14. The third-order valence-corrected chi connectivity index (χ3v) is 7.51. The molecule has 0 N–H and O–H groups in total. The minimum Gasteiger partial charge on any atom is -0.318 e. The van der Waals surface area contributed by atoms with Crippen molar-refractivity contribution in [3.63, 3.8) is 0 Å². The molecule has 180 valence electrons. The molecule has 2 aromatic heterocycles. The van der Waals surface area contributed by atoms with E-state index in [1.807, 2.05) is 80.7 Å². The van der Waals surface area contributed by atoms with E-state index in [9.17, 15) is 4.79 Å². The van der Waals surface area contributed by atoms with Gasteiger partial charge in [-0.1, -0.05) is 71.9 Å². The van der Waals surface area contributed by atoms with Gasteiger partial charge in [0.15, 0.2) is 10.9 Å². The molecule has 0 aliphatic rings.